The number of ketones is 2. The normalized spacial score (nSPS) is 24.3. The molecule has 0 aliphatic carbocycles. The lowest BCUT2D eigenvalue weighted by Gasteiger charge is -2.09. The van der Waals surface area contributed by atoms with Gasteiger partial charge in [-0.05, 0) is 0 Å². The highest BCUT2D eigenvalue weighted by Gasteiger charge is 2.37. The largest absolute Gasteiger partial charge is 0.343 e. The van der Waals surface area contributed by atoms with Crippen LogP contribution >= 0.6 is 0 Å². The number of carbonyl (C=O) groups is 2. The lowest BCUT2D eigenvalue weighted by molar-refractivity contribution is -0.165. The Morgan fingerprint density at radius 1 is 0.714 bits per heavy atom. The summed E-state index contributed by atoms with van der Waals surface area (Å²) >= 11 is 0. The number of rotatable bonds is 3. The first-order valence-corrected chi connectivity index (χ1v) is 4.33. The van der Waals surface area contributed by atoms with E-state index in [1.807, 2.05) is 0 Å². The molecule has 0 unspecified atom stereocenters. The van der Waals surface area contributed by atoms with Crippen molar-refractivity contribution in [1.29, 1.82) is 0 Å². The predicted octanol–water partition coefficient (Wildman–Crippen LogP) is -1.13. The molecule has 0 spiro atoms. The van der Waals surface area contributed by atoms with Gasteiger partial charge in [-0.3, -0.25) is 9.59 Å². The molecule has 0 aromatic rings. The average molecular weight is 202 g/mol. The number of Topliss-reactive ketones (excluding diaryl/α,β-unsaturated/α-hetero) is 2. The van der Waals surface area contributed by atoms with Crippen molar-refractivity contribution in [2.24, 2.45) is 0 Å². The van der Waals surface area contributed by atoms with Gasteiger partial charge in [0.25, 0.3) is 11.6 Å². The molecule has 2 heterocycles. The summed E-state index contributed by atoms with van der Waals surface area (Å²) in [5.74, 6) is -1.48. The molecule has 14 heavy (non-hydrogen) atoms. The Labute approximate surface area is 80.1 Å². The van der Waals surface area contributed by atoms with E-state index in [0.29, 0.717) is 26.4 Å². The third kappa shape index (κ3) is 1.83. The maximum absolute atomic E-state index is 11.4. The zero-order valence-electron chi connectivity index (χ0n) is 7.43. The lowest BCUT2D eigenvalue weighted by Crippen LogP contribution is -2.37. The fraction of sp³-hybridized carbons (Fsp3) is 0.750. The van der Waals surface area contributed by atoms with E-state index in [0.717, 1.165) is 0 Å². The highest BCUT2D eigenvalue weighted by Crippen LogP contribution is 2.11. The van der Waals surface area contributed by atoms with Crippen molar-refractivity contribution in [3.05, 3.63) is 0 Å². The van der Waals surface area contributed by atoms with Crippen molar-refractivity contribution in [1.82, 2.24) is 0 Å². The maximum Gasteiger partial charge on any atom is 0.259 e. The van der Waals surface area contributed by atoms with Crippen LogP contribution in [-0.2, 0) is 28.5 Å². The van der Waals surface area contributed by atoms with E-state index in [9.17, 15) is 9.59 Å². The minimum absolute atomic E-state index is 0.329. The van der Waals surface area contributed by atoms with Gasteiger partial charge >= 0.3 is 0 Å². The zero-order chi connectivity index (χ0) is 9.97. The predicted molar refractivity (Wildman–Crippen MR) is 41.4 cm³/mol. The summed E-state index contributed by atoms with van der Waals surface area (Å²) in [4.78, 5) is 22.7. The van der Waals surface area contributed by atoms with Gasteiger partial charge in [0.1, 0.15) is 0 Å². The van der Waals surface area contributed by atoms with Crippen molar-refractivity contribution in [3.63, 3.8) is 0 Å². The van der Waals surface area contributed by atoms with E-state index in [4.69, 9.17) is 18.9 Å². The Balaban J connectivity index is 1.92. The first kappa shape index (κ1) is 9.72. The van der Waals surface area contributed by atoms with E-state index < -0.39 is 24.1 Å². The van der Waals surface area contributed by atoms with Crippen LogP contribution in [0.3, 0.4) is 0 Å². The average Bonchev–Trinajstić information content (AvgIpc) is 2.87. The van der Waals surface area contributed by atoms with Crippen LogP contribution in [0.1, 0.15) is 0 Å². The summed E-state index contributed by atoms with van der Waals surface area (Å²) in [5.41, 5.74) is 0. The van der Waals surface area contributed by atoms with Crippen molar-refractivity contribution in [2.75, 3.05) is 26.4 Å². The van der Waals surface area contributed by atoms with Crippen molar-refractivity contribution >= 4 is 11.6 Å². The number of hydrogen-bond donors (Lipinski definition) is 0. The van der Waals surface area contributed by atoms with Gasteiger partial charge in [-0.15, -0.1) is 0 Å². The van der Waals surface area contributed by atoms with E-state index >= 15 is 0 Å². The molecule has 0 aromatic heterocycles. The van der Waals surface area contributed by atoms with E-state index in [2.05, 4.69) is 0 Å². The zero-order valence-corrected chi connectivity index (χ0v) is 7.43. The third-order valence-electron chi connectivity index (χ3n) is 1.91. The van der Waals surface area contributed by atoms with Crippen LogP contribution in [0.5, 0.6) is 0 Å². The smallest absolute Gasteiger partial charge is 0.259 e. The van der Waals surface area contributed by atoms with Crippen LogP contribution in [-0.4, -0.2) is 50.6 Å². The summed E-state index contributed by atoms with van der Waals surface area (Å²) in [5, 5.41) is 0. The van der Waals surface area contributed by atoms with Crippen molar-refractivity contribution in [2.45, 2.75) is 12.6 Å². The van der Waals surface area contributed by atoms with Crippen LogP contribution in [0.2, 0.25) is 0 Å². The Morgan fingerprint density at radius 2 is 1.00 bits per heavy atom. The molecule has 0 N–H and O–H groups in total. The molecule has 2 fully saturated rings. The van der Waals surface area contributed by atoms with Gasteiger partial charge in [-0.2, -0.15) is 0 Å². The quantitative estimate of drug-likeness (QED) is 0.539. The number of hydrogen-bond acceptors (Lipinski definition) is 6. The van der Waals surface area contributed by atoms with Gasteiger partial charge in [0.15, 0.2) is 0 Å². The minimum atomic E-state index is -1.07. The highest BCUT2D eigenvalue weighted by atomic mass is 16.7. The number of ether oxygens (including phenoxy) is 4. The lowest BCUT2D eigenvalue weighted by atomic mass is 10.2. The molecule has 2 saturated heterocycles. The highest BCUT2D eigenvalue weighted by molar-refractivity contribution is 6.39. The molecule has 6 heteroatoms. The minimum Gasteiger partial charge on any atom is -0.343 e. The molecule has 0 radical (unpaired) electrons. The molecule has 0 amide bonds. The Morgan fingerprint density at radius 3 is 1.29 bits per heavy atom. The molecular weight excluding hydrogens is 192 g/mol. The fourth-order valence-corrected chi connectivity index (χ4v) is 1.25. The summed E-state index contributed by atoms with van der Waals surface area (Å²) in [6.45, 7) is 1.32. The van der Waals surface area contributed by atoms with E-state index in [-0.39, 0.29) is 0 Å². The summed E-state index contributed by atoms with van der Waals surface area (Å²) in [6, 6.07) is 0. The molecule has 0 atom stereocenters. The first-order valence-electron chi connectivity index (χ1n) is 4.33. The van der Waals surface area contributed by atoms with Crippen LogP contribution < -0.4 is 0 Å². The molecule has 0 aromatic carbocycles. The molecule has 2 rings (SSSR count). The van der Waals surface area contributed by atoms with Crippen LogP contribution in [0.4, 0.5) is 0 Å². The molecule has 2 aliphatic rings. The molecule has 0 saturated carbocycles. The second kappa shape index (κ2) is 4.14. The van der Waals surface area contributed by atoms with Crippen LogP contribution in [0, 0.1) is 0 Å². The fourth-order valence-electron chi connectivity index (χ4n) is 1.25. The third-order valence-corrected chi connectivity index (χ3v) is 1.91. The van der Waals surface area contributed by atoms with Gasteiger partial charge in [0.05, 0.1) is 26.4 Å². The summed E-state index contributed by atoms with van der Waals surface area (Å²) in [6.07, 6.45) is -2.15. The first-order chi connectivity index (χ1) is 6.79. The van der Waals surface area contributed by atoms with Crippen LogP contribution in [0.25, 0.3) is 0 Å². The Hall–Kier alpha value is -0.820. The number of carbonyl (C=O) groups excluding carboxylic acids is 2. The van der Waals surface area contributed by atoms with Crippen LogP contribution in [0.15, 0.2) is 0 Å². The second-order valence-corrected chi connectivity index (χ2v) is 2.88. The van der Waals surface area contributed by atoms with Gasteiger partial charge in [-0.25, -0.2) is 0 Å². The van der Waals surface area contributed by atoms with E-state index in [1.165, 1.54) is 0 Å². The maximum atomic E-state index is 11.4. The van der Waals surface area contributed by atoms with Crippen molar-refractivity contribution < 1.29 is 28.5 Å². The van der Waals surface area contributed by atoms with E-state index in [1.54, 1.807) is 0 Å². The summed E-state index contributed by atoms with van der Waals surface area (Å²) in [7, 11) is 0. The topological polar surface area (TPSA) is 71.1 Å². The van der Waals surface area contributed by atoms with Gasteiger partial charge in [0.2, 0.25) is 12.6 Å². The van der Waals surface area contributed by atoms with Crippen molar-refractivity contribution in [3.8, 4) is 0 Å². The summed E-state index contributed by atoms with van der Waals surface area (Å²) < 4.78 is 19.6. The Kier molecular flexibility index (Phi) is 2.87. The standard InChI is InChI=1S/C8H10O6/c9-5(7-11-1-2-12-7)6(10)8-13-3-4-14-8/h7-8H,1-4H2. The van der Waals surface area contributed by atoms with Gasteiger partial charge < -0.3 is 18.9 Å². The SMILES string of the molecule is O=C(C(=O)C1OCCO1)C1OCCO1. The molecular formula is C8H10O6. The molecule has 0 bridgehead atoms. The second-order valence-electron chi connectivity index (χ2n) is 2.88. The van der Waals surface area contributed by atoms with Gasteiger partial charge in [0, 0.05) is 0 Å². The molecule has 6 nitrogen and oxygen atoms in total. The Bertz CT molecular complexity index is 212. The van der Waals surface area contributed by atoms with Gasteiger partial charge in [-0.1, -0.05) is 0 Å². The molecule has 2 aliphatic heterocycles. The monoisotopic (exact) mass is 202 g/mol. The molecule has 78 valence electrons.